The van der Waals surface area contributed by atoms with Crippen molar-refractivity contribution in [3.63, 3.8) is 0 Å². The highest BCUT2D eigenvalue weighted by atomic mass is 35.5. The Morgan fingerprint density at radius 2 is 2.36 bits per heavy atom. The van der Waals surface area contributed by atoms with Crippen LogP contribution in [0.15, 0.2) is 6.33 Å². The molecule has 0 amide bonds. The lowest BCUT2D eigenvalue weighted by Gasteiger charge is -2.00. The molecule has 0 aromatic carbocycles. The van der Waals surface area contributed by atoms with Gasteiger partial charge in [0.2, 0.25) is 0 Å². The van der Waals surface area contributed by atoms with Crippen LogP contribution in [0.5, 0.6) is 0 Å². The molecule has 58 valence electrons. The molecule has 1 aromatic heterocycles. The van der Waals surface area contributed by atoms with Crippen LogP contribution in [0.25, 0.3) is 0 Å². The third-order valence-electron chi connectivity index (χ3n) is 1.91. The van der Waals surface area contributed by atoms with Gasteiger partial charge in [0.15, 0.2) is 0 Å². The number of aliphatic hydroxyl groups is 1. The molecule has 0 bridgehead atoms. The maximum Gasteiger partial charge on any atom is 0.135 e. The van der Waals surface area contributed by atoms with Crippen molar-refractivity contribution in [2.75, 3.05) is 0 Å². The summed E-state index contributed by atoms with van der Waals surface area (Å²) in [5.74, 6) is 0. The van der Waals surface area contributed by atoms with Crippen LogP contribution >= 0.6 is 11.6 Å². The van der Waals surface area contributed by atoms with E-state index in [1.165, 1.54) is 6.33 Å². The Labute approximate surface area is 69.1 Å². The number of aliphatic hydroxyl groups excluding tert-OH is 1. The summed E-state index contributed by atoms with van der Waals surface area (Å²) < 4.78 is 0. The van der Waals surface area contributed by atoms with Gasteiger partial charge in [-0.1, -0.05) is 11.6 Å². The molecule has 11 heavy (non-hydrogen) atoms. The molecule has 0 aliphatic heterocycles. The van der Waals surface area contributed by atoms with Gasteiger partial charge in [0.1, 0.15) is 11.5 Å². The van der Waals surface area contributed by atoms with Gasteiger partial charge in [-0.2, -0.15) is 0 Å². The maximum absolute atomic E-state index is 9.36. The Morgan fingerprint density at radius 1 is 1.55 bits per heavy atom. The van der Waals surface area contributed by atoms with E-state index in [1.807, 2.05) is 0 Å². The molecule has 1 heterocycles. The molecule has 1 aliphatic rings. The second kappa shape index (κ2) is 2.43. The maximum atomic E-state index is 9.36. The molecule has 0 saturated heterocycles. The molecule has 1 atom stereocenters. The fourth-order valence-electron chi connectivity index (χ4n) is 1.34. The predicted molar refractivity (Wildman–Crippen MR) is 40.3 cm³/mol. The quantitative estimate of drug-likeness (QED) is 0.594. The lowest BCUT2D eigenvalue weighted by molar-refractivity contribution is 0.175. The number of aromatic nitrogens is 2. The van der Waals surface area contributed by atoms with E-state index < -0.39 is 6.10 Å². The molecular weight excluding hydrogens is 164 g/mol. The highest BCUT2D eigenvalue weighted by Crippen LogP contribution is 2.31. The Kier molecular flexibility index (Phi) is 1.55. The van der Waals surface area contributed by atoms with Crippen LogP contribution in [-0.2, 0) is 6.42 Å². The second-order valence-electron chi connectivity index (χ2n) is 2.58. The van der Waals surface area contributed by atoms with Gasteiger partial charge in [0.25, 0.3) is 0 Å². The predicted octanol–water partition coefficient (Wildman–Crippen LogP) is 1.11. The van der Waals surface area contributed by atoms with Crippen LogP contribution in [0, 0.1) is 0 Å². The van der Waals surface area contributed by atoms with Gasteiger partial charge in [0.05, 0.1) is 11.8 Å². The van der Waals surface area contributed by atoms with E-state index in [0.717, 1.165) is 12.0 Å². The van der Waals surface area contributed by atoms with Crippen molar-refractivity contribution in [3.8, 4) is 0 Å². The monoisotopic (exact) mass is 170 g/mol. The molecule has 0 radical (unpaired) electrons. The standard InChI is InChI=1S/C7H7ClN2O/c8-7-4-1-2-5(11)6(4)9-3-10-7/h3,5,11H,1-2H2. The average molecular weight is 171 g/mol. The molecule has 0 fully saturated rings. The van der Waals surface area contributed by atoms with Crippen molar-refractivity contribution >= 4 is 11.6 Å². The summed E-state index contributed by atoms with van der Waals surface area (Å²) in [5, 5.41) is 9.84. The van der Waals surface area contributed by atoms with Crippen molar-refractivity contribution in [1.82, 2.24) is 9.97 Å². The molecule has 0 saturated carbocycles. The highest BCUT2D eigenvalue weighted by Gasteiger charge is 2.23. The fourth-order valence-corrected chi connectivity index (χ4v) is 1.57. The molecular formula is C7H7ClN2O. The third kappa shape index (κ3) is 1.01. The number of fused-ring (bicyclic) bond motifs is 1. The van der Waals surface area contributed by atoms with Gasteiger partial charge < -0.3 is 5.11 Å². The van der Waals surface area contributed by atoms with E-state index in [4.69, 9.17) is 11.6 Å². The van der Waals surface area contributed by atoms with Gasteiger partial charge in [-0.3, -0.25) is 0 Å². The molecule has 1 unspecified atom stereocenters. The van der Waals surface area contributed by atoms with Gasteiger partial charge in [-0.05, 0) is 12.8 Å². The smallest absolute Gasteiger partial charge is 0.135 e. The first-order chi connectivity index (χ1) is 5.29. The van der Waals surface area contributed by atoms with Crippen molar-refractivity contribution in [2.45, 2.75) is 18.9 Å². The SMILES string of the molecule is OC1CCc2c(Cl)ncnc21. The average Bonchev–Trinajstić information content (AvgIpc) is 2.35. The summed E-state index contributed by atoms with van der Waals surface area (Å²) in [7, 11) is 0. The van der Waals surface area contributed by atoms with E-state index in [1.54, 1.807) is 0 Å². The largest absolute Gasteiger partial charge is 0.387 e. The minimum atomic E-state index is -0.439. The normalized spacial score (nSPS) is 21.8. The molecule has 1 aromatic rings. The van der Waals surface area contributed by atoms with E-state index in [2.05, 4.69) is 9.97 Å². The Hall–Kier alpha value is -0.670. The first kappa shape index (κ1) is 7.00. The summed E-state index contributed by atoms with van der Waals surface area (Å²) in [5.41, 5.74) is 1.60. The molecule has 3 nitrogen and oxygen atoms in total. The second-order valence-corrected chi connectivity index (χ2v) is 2.94. The Bertz CT molecular complexity index is 290. The number of hydrogen-bond donors (Lipinski definition) is 1. The van der Waals surface area contributed by atoms with Crippen molar-refractivity contribution in [3.05, 3.63) is 22.7 Å². The zero-order chi connectivity index (χ0) is 7.84. The Morgan fingerprint density at radius 3 is 3.09 bits per heavy atom. The van der Waals surface area contributed by atoms with Crippen molar-refractivity contribution in [1.29, 1.82) is 0 Å². The van der Waals surface area contributed by atoms with E-state index in [9.17, 15) is 5.11 Å². The zero-order valence-corrected chi connectivity index (χ0v) is 6.54. The Balaban J connectivity index is 2.57. The lowest BCUT2D eigenvalue weighted by Crippen LogP contribution is -1.95. The van der Waals surface area contributed by atoms with Gasteiger partial charge in [-0.25, -0.2) is 9.97 Å². The van der Waals surface area contributed by atoms with Crippen LogP contribution in [0.4, 0.5) is 0 Å². The molecule has 1 N–H and O–H groups in total. The topological polar surface area (TPSA) is 46.0 Å². The highest BCUT2D eigenvalue weighted by molar-refractivity contribution is 6.30. The van der Waals surface area contributed by atoms with Gasteiger partial charge in [0, 0.05) is 5.56 Å². The van der Waals surface area contributed by atoms with Crippen molar-refractivity contribution in [2.24, 2.45) is 0 Å². The third-order valence-corrected chi connectivity index (χ3v) is 2.24. The molecule has 1 aliphatic carbocycles. The molecule has 0 spiro atoms. The minimum Gasteiger partial charge on any atom is -0.387 e. The fraction of sp³-hybridized carbons (Fsp3) is 0.429. The summed E-state index contributed by atoms with van der Waals surface area (Å²) in [6, 6.07) is 0. The van der Waals surface area contributed by atoms with E-state index in [0.29, 0.717) is 17.3 Å². The number of nitrogens with zero attached hydrogens (tertiary/aromatic N) is 2. The van der Waals surface area contributed by atoms with Crippen LogP contribution in [-0.4, -0.2) is 15.1 Å². The van der Waals surface area contributed by atoms with E-state index >= 15 is 0 Å². The molecule has 4 heteroatoms. The number of halogens is 1. The van der Waals surface area contributed by atoms with E-state index in [-0.39, 0.29) is 0 Å². The zero-order valence-electron chi connectivity index (χ0n) is 5.79. The van der Waals surface area contributed by atoms with Crippen LogP contribution < -0.4 is 0 Å². The first-order valence-electron chi connectivity index (χ1n) is 3.46. The summed E-state index contributed by atoms with van der Waals surface area (Å²) in [6.07, 6.45) is 2.45. The summed E-state index contributed by atoms with van der Waals surface area (Å²) in [4.78, 5) is 7.78. The van der Waals surface area contributed by atoms with Gasteiger partial charge >= 0.3 is 0 Å². The van der Waals surface area contributed by atoms with Crippen LogP contribution in [0.3, 0.4) is 0 Å². The number of rotatable bonds is 0. The first-order valence-corrected chi connectivity index (χ1v) is 3.84. The van der Waals surface area contributed by atoms with Crippen LogP contribution in [0.1, 0.15) is 23.8 Å². The molecule has 2 rings (SSSR count). The van der Waals surface area contributed by atoms with Crippen molar-refractivity contribution < 1.29 is 5.11 Å². The summed E-state index contributed by atoms with van der Waals surface area (Å²) >= 11 is 5.77. The lowest BCUT2D eigenvalue weighted by atomic mass is 10.3. The van der Waals surface area contributed by atoms with Crippen LogP contribution in [0.2, 0.25) is 5.15 Å². The number of hydrogen-bond acceptors (Lipinski definition) is 3. The minimum absolute atomic E-state index is 0.439. The van der Waals surface area contributed by atoms with Gasteiger partial charge in [-0.15, -0.1) is 0 Å². The summed E-state index contributed by atoms with van der Waals surface area (Å²) in [6.45, 7) is 0.